The van der Waals surface area contributed by atoms with E-state index in [0.29, 0.717) is 36.2 Å². The lowest BCUT2D eigenvalue weighted by Gasteiger charge is -2.47. The van der Waals surface area contributed by atoms with Gasteiger partial charge in [0.25, 0.3) is 0 Å². The monoisotopic (exact) mass is 578 g/mol. The Morgan fingerprint density at radius 2 is 2.07 bits per heavy atom. The number of nitrogens with one attached hydrogen (secondary N) is 3. The lowest BCUT2D eigenvalue weighted by Crippen LogP contribution is -2.63. The van der Waals surface area contributed by atoms with Crippen molar-refractivity contribution in [1.29, 1.82) is 5.41 Å². The van der Waals surface area contributed by atoms with E-state index in [1.165, 1.54) is 18.0 Å². The molecule has 2 aromatic heterocycles. The molecule has 2 fully saturated rings. The quantitative estimate of drug-likeness (QED) is 0.263. The highest BCUT2D eigenvalue weighted by Crippen LogP contribution is 2.38. The number of ether oxygens (including phenoxy) is 1. The maximum absolute atomic E-state index is 11.8. The fourth-order valence-corrected chi connectivity index (χ4v) is 6.77. The summed E-state index contributed by atoms with van der Waals surface area (Å²) in [6.07, 6.45) is 7.42. The SMILES string of the molecule is COC[C@@H]1CC/C(=C(/C=N)c2nccc(Nc3cc4c(C(C)C)ccc(N5C[C@H](CS(C)(=O)=O)[C@H]5N)c4cn3)n2)N1. The summed E-state index contributed by atoms with van der Waals surface area (Å²) >= 11 is 0. The zero-order valence-corrected chi connectivity index (χ0v) is 24.7. The molecule has 2 aliphatic rings. The van der Waals surface area contributed by atoms with Crippen LogP contribution in [-0.4, -0.2) is 74.1 Å². The second-order valence-corrected chi connectivity index (χ2v) is 13.4. The molecule has 2 aliphatic heterocycles. The molecule has 11 nitrogen and oxygen atoms in total. The lowest BCUT2D eigenvalue weighted by atomic mass is 9.92. The van der Waals surface area contributed by atoms with Gasteiger partial charge in [-0.2, -0.15) is 0 Å². The molecule has 0 saturated carbocycles. The van der Waals surface area contributed by atoms with E-state index < -0.39 is 9.84 Å². The number of hydrogen-bond acceptors (Lipinski definition) is 11. The van der Waals surface area contributed by atoms with E-state index in [2.05, 4.69) is 41.6 Å². The van der Waals surface area contributed by atoms with Crippen LogP contribution in [0.4, 0.5) is 17.3 Å². The van der Waals surface area contributed by atoms with E-state index in [-0.39, 0.29) is 29.8 Å². The molecular formula is C29H38N8O3S. The van der Waals surface area contributed by atoms with Gasteiger partial charge >= 0.3 is 0 Å². The summed E-state index contributed by atoms with van der Waals surface area (Å²) in [5, 5.41) is 16.8. The van der Waals surface area contributed by atoms with E-state index in [0.717, 1.165) is 35.0 Å². The highest BCUT2D eigenvalue weighted by molar-refractivity contribution is 7.90. The van der Waals surface area contributed by atoms with Crippen molar-refractivity contribution in [2.75, 3.05) is 42.5 Å². The van der Waals surface area contributed by atoms with Gasteiger partial charge in [0.15, 0.2) is 5.82 Å². The van der Waals surface area contributed by atoms with Crippen molar-refractivity contribution in [3.8, 4) is 0 Å². The highest BCUT2D eigenvalue weighted by Gasteiger charge is 2.39. The molecule has 0 unspecified atom stereocenters. The van der Waals surface area contributed by atoms with Gasteiger partial charge in [0.05, 0.1) is 24.1 Å². The largest absolute Gasteiger partial charge is 0.383 e. The summed E-state index contributed by atoms with van der Waals surface area (Å²) in [5.74, 6) is 1.93. The highest BCUT2D eigenvalue weighted by atomic mass is 32.2. The van der Waals surface area contributed by atoms with E-state index in [1.54, 1.807) is 19.4 Å². The third kappa shape index (κ3) is 6.19. The average Bonchev–Trinajstić information content (AvgIpc) is 3.38. The third-order valence-corrected chi connectivity index (χ3v) is 8.78. The Kier molecular flexibility index (Phi) is 8.25. The van der Waals surface area contributed by atoms with Crippen molar-refractivity contribution < 1.29 is 13.2 Å². The molecule has 0 radical (unpaired) electrons. The molecule has 0 spiro atoms. The van der Waals surface area contributed by atoms with Gasteiger partial charge < -0.3 is 31.4 Å². The molecule has 0 amide bonds. The van der Waals surface area contributed by atoms with Crippen LogP contribution in [0, 0.1) is 11.3 Å². The predicted molar refractivity (Wildman–Crippen MR) is 163 cm³/mol. The fourth-order valence-electron chi connectivity index (χ4n) is 5.69. The summed E-state index contributed by atoms with van der Waals surface area (Å²) in [6.45, 7) is 5.49. The smallest absolute Gasteiger partial charge is 0.164 e. The van der Waals surface area contributed by atoms with Crippen LogP contribution in [0.5, 0.6) is 0 Å². The van der Waals surface area contributed by atoms with Crippen LogP contribution in [0.3, 0.4) is 0 Å². The van der Waals surface area contributed by atoms with E-state index in [1.807, 2.05) is 17.2 Å². The van der Waals surface area contributed by atoms with Gasteiger partial charge in [-0.1, -0.05) is 19.9 Å². The Hall–Kier alpha value is -3.61. The molecule has 218 valence electrons. The molecule has 2 saturated heterocycles. The molecule has 5 rings (SSSR count). The second-order valence-electron chi connectivity index (χ2n) is 11.2. The normalized spacial score (nSPS) is 22.0. The maximum atomic E-state index is 11.8. The Balaban J connectivity index is 1.43. The van der Waals surface area contributed by atoms with Gasteiger partial charge in [-0.15, -0.1) is 0 Å². The number of nitrogens with two attached hydrogens (primary N) is 1. The number of benzene rings is 1. The van der Waals surface area contributed by atoms with E-state index in [4.69, 9.17) is 25.8 Å². The van der Waals surface area contributed by atoms with Crippen LogP contribution < -0.4 is 21.3 Å². The van der Waals surface area contributed by atoms with E-state index >= 15 is 0 Å². The summed E-state index contributed by atoms with van der Waals surface area (Å²) in [7, 11) is -1.42. The molecule has 41 heavy (non-hydrogen) atoms. The molecule has 1 aromatic carbocycles. The van der Waals surface area contributed by atoms with Gasteiger partial charge in [0.2, 0.25) is 0 Å². The second kappa shape index (κ2) is 11.7. The number of anilines is 3. The van der Waals surface area contributed by atoms with Crippen molar-refractivity contribution >= 4 is 49.7 Å². The number of sulfone groups is 1. The molecule has 3 aromatic rings. The number of pyridine rings is 1. The number of allylic oxidation sites excluding steroid dienone is 2. The molecule has 3 atom stereocenters. The van der Waals surface area contributed by atoms with Crippen molar-refractivity contribution in [3.05, 3.63) is 53.7 Å². The van der Waals surface area contributed by atoms with Crippen LogP contribution in [0.1, 0.15) is 44.0 Å². The van der Waals surface area contributed by atoms with E-state index in [9.17, 15) is 8.42 Å². The fraction of sp³-hybridized carbons (Fsp3) is 0.448. The first-order chi connectivity index (χ1) is 19.6. The Bertz CT molecular complexity index is 1590. The van der Waals surface area contributed by atoms with Crippen molar-refractivity contribution in [2.24, 2.45) is 11.7 Å². The van der Waals surface area contributed by atoms with Crippen molar-refractivity contribution in [3.63, 3.8) is 0 Å². The molecule has 0 aliphatic carbocycles. The Labute approximate surface area is 241 Å². The molecule has 0 bridgehead atoms. The maximum Gasteiger partial charge on any atom is 0.164 e. The zero-order valence-electron chi connectivity index (χ0n) is 23.9. The minimum Gasteiger partial charge on any atom is -0.383 e. The number of methoxy groups -OCH3 is 1. The number of fused-ring (bicyclic) bond motifs is 1. The number of hydrogen-bond donors (Lipinski definition) is 4. The Morgan fingerprint density at radius 1 is 1.27 bits per heavy atom. The molecule has 12 heteroatoms. The van der Waals surface area contributed by atoms with Crippen LogP contribution in [0.25, 0.3) is 16.3 Å². The third-order valence-electron chi connectivity index (χ3n) is 7.75. The number of aromatic nitrogens is 3. The average molecular weight is 579 g/mol. The first-order valence-electron chi connectivity index (χ1n) is 13.8. The summed E-state index contributed by atoms with van der Waals surface area (Å²) in [4.78, 5) is 15.9. The summed E-state index contributed by atoms with van der Waals surface area (Å²) < 4.78 is 28.9. The number of rotatable bonds is 10. The first-order valence-corrected chi connectivity index (χ1v) is 15.9. The van der Waals surface area contributed by atoms with Crippen LogP contribution >= 0.6 is 0 Å². The minimum absolute atomic E-state index is 0.0834. The van der Waals surface area contributed by atoms with Crippen LogP contribution in [0.2, 0.25) is 0 Å². The van der Waals surface area contributed by atoms with Gasteiger partial charge in [-0.05, 0) is 47.9 Å². The molecular weight excluding hydrogens is 540 g/mol. The van der Waals surface area contributed by atoms with Gasteiger partial charge in [0.1, 0.15) is 21.5 Å². The van der Waals surface area contributed by atoms with Gasteiger partial charge in [-0.25, -0.2) is 23.4 Å². The first kappa shape index (κ1) is 28.9. The zero-order chi connectivity index (χ0) is 29.3. The molecule has 5 N–H and O–H groups in total. The topological polar surface area (TPSA) is 159 Å². The summed E-state index contributed by atoms with van der Waals surface area (Å²) in [5.41, 5.74) is 10.2. The molecule has 4 heterocycles. The Morgan fingerprint density at radius 3 is 2.76 bits per heavy atom. The minimum atomic E-state index is -3.10. The summed E-state index contributed by atoms with van der Waals surface area (Å²) in [6, 6.07) is 8.17. The predicted octanol–water partition coefficient (Wildman–Crippen LogP) is 3.42. The van der Waals surface area contributed by atoms with Crippen molar-refractivity contribution in [2.45, 2.75) is 44.8 Å². The number of nitrogens with zero attached hydrogens (tertiary/aromatic N) is 4. The van der Waals surface area contributed by atoms with Gasteiger partial charge in [-0.3, -0.25) is 0 Å². The van der Waals surface area contributed by atoms with Gasteiger partial charge in [0, 0.05) is 67.2 Å². The van der Waals surface area contributed by atoms with Crippen LogP contribution in [0.15, 0.2) is 42.4 Å². The van der Waals surface area contributed by atoms with Crippen LogP contribution in [-0.2, 0) is 14.6 Å². The standard InChI is InChI=1S/C29H38N8O3S/c1-17(2)20-6-8-25(37-14-18(28(37)31)16-41(4,38)39)23-13-33-27(11-21(20)23)35-26-9-10-32-29(36-26)22(12-30)24-7-5-19(34-24)15-40-3/h6,8-13,17-19,28,30,34H,5,7,14-16,31H2,1-4H3,(H,32,33,35,36)/b24-22+,30-12?/t18-,19+,28+/m1/s1. The van der Waals surface area contributed by atoms with Crippen molar-refractivity contribution in [1.82, 2.24) is 20.3 Å². The lowest BCUT2D eigenvalue weighted by molar-refractivity contribution is 0.174.